The van der Waals surface area contributed by atoms with Gasteiger partial charge in [0, 0.05) is 13.0 Å². The van der Waals surface area contributed by atoms with Crippen molar-refractivity contribution >= 4 is 21.7 Å². The first-order chi connectivity index (χ1) is 10.1. The van der Waals surface area contributed by atoms with Gasteiger partial charge in [-0.2, -0.15) is 5.10 Å². The normalized spacial score (nSPS) is 16.6. The first-order valence-corrected chi connectivity index (χ1v) is 8.76. The van der Waals surface area contributed by atoms with E-state index in [9.17, 15) is 4.79 Å². The van der Waals surface area contributed by atoms with Crippen LogP contribution in [0.15, 0.2) is 10.7 Å². The minimum absolute atomic E-state index is 0.226. The second kappa shape index (κ2) is 8.08. The molecule has 5 heteroatoms. The summed E-state index contributed by atoms with van der Waals surface area (Å²) in [5, 5.41) is 4.33. The lowest BCUT2D eigenvalue weighted by molar-refractivity contribution is 0.0958. The Labute approximate surface area is 136 Å². The summed E-state index contributed by atoms with van der Waals surface area (Å²) in [7, 11) is 4.06. The molecule has 0 unspecified atom stereocenters. The molecular weight excluding hydrogens is 330 g/mol. The maximum atomic E-state index is 12.5. The van der Waals surface area contributed by atoms with Gasteiger partial charge in [0.15, 0.2) is 5.78 Å². The number of aromatic nitrogens is 2. The minimum Gasteiger partial charge on any atom is -0.308 e. The van der Waals surface area contributed by atoms with Gasteiger partial charge >= 0.3 is 0 Å². The molecule has 1 aromatic rings. The monoisotopic (exact) mass is 355 g/mol. The fraction of sp³-hybridized carbons (Fsp3) is 0.750. The molecule has 1 fully saturated rings. The minimum atomic E-state index is 0.226. The number of rotatable bonds is 7. The maximum Gasteiger partial charge on any atom is 0.182 e. The molecule has 0 aromatic carbocycles. The Morgan fingerprint density at radius 1 is 1.38 bits per heavy atom. The van der Waals surface area contributed by atoms with Crippen molar-refractivity contribution in [3.63, 3.8) is 0 Å². The van der Waals surface area contributed by atoms with Crippen LogP contribution in [0.2, 0.25) is 0 Å². The van der Waals surface area contributed by atoms with Crippen LogP contribution in [0.3, 0.4) is 0 Å². The van der Waals surface area contributed by atoms with E-state index in [-0.39, 0.29) is 5.78 Å². The van der Waals surface area contributed by atoms with Gasteiger partial charge in [-0.25, -0.2) is 0 Å². The molecule has 1 heterocycles. The molecule has 0 bridgehead atoms. The third-order valence-corrected chi connectivity index (χ3v) is 4.90. The molecule has 1 aromatic heterocycles. The molecule has 0 N–H and O–H groups in total. The number of carbonyl (C=O) groups is 1. The summed E-state index contributed by atoms with van der Waals surface area (Å²) >= 11 is 3.47. The average molecular weight is 356 g/mol. The van der Waals surface area contributed by atoms with Crippen LogP contribution >= 0.6 is 15.9 Å². The van der Waals surface area contributed by atoms with Crippen molar-refractivity contribution < 1.29 is 4.79 Å². The Bertz CT molecular complexity index is 464. The largest absolute Gasteiger partial charge is 0.308 e. The Morgan fingerprint density at radius 3 is 2.76 bits per heavy atom. The smallest absolute Gasteiger partial charge is 0.182 e. The summed E-state index contributed by atoms with van der Waals surface area (Å²) in [6.45, 7) is 1.64. The molecule has 0 saturated heterocycles. The third kappa shape index (κ3) is 4.92. The van der Waals surface area contributed by atoms with E-state index in [2.05, 4.69) is 25.9 Å². The molecule has 0 aliphatic heterocycles. The van der Waals surface area contributed by atoms with Crippen molar-refractivity contribution in [2.75, 3.05) is 20.6 Å². The van der Waals surface area contributed by atoms with Gasteiger partial charge in [0.05, 0.1) is 17.2 Å². The van der Waals surface area contributed by atoms with Crippen molar-refractivity contribution in [2.24, 2.45) is 5.92 Å². The average Bonchev–Trinajstić information content (AvgIpc) is 2.85. The number of halogens is 1. The van der Waals surface area contributed by atoms with Crippen LogP contribution in [-0.4, -0.2) is 41.1 Å². The van der Waals surface area contributed by atoms with Crippen LogP contribution in [0, 0.1) is 5.92 Å². The molecule has 0 amide bonds. The lowest BCUT2D eigenvalue weighted by Gasteiger charge is -2.21. The lowest BCUT2D eigenvalue weighted by atomic mass is 9.85. The fourth-order valence-corrected chi connectivity index (χ4v) is 3.55. The Hall–Kier alpha value is -0.680. The molecule has 0 atom stereocenters. The first kappa shape index (κ1) is 16.7. The summed E-state index contributed by atoms with van der Waals surface area (Å²) in [6.07, 6.45) is 10.1. The van der Waals surface area contributed by atoms with Crippen molar-refractivity contribution in [1.82, 2.24) is 14.7 Å². The predicted molar refractivity (Wildman–Crippen MR) is 88.6 cm³/mol. The Morgan fingerprint density at radius 2 is 2.10 bits per heavy atom. The molecule has 0 radical (unpaired) electrons. The summed E-state index contributed by atoms with van der Waals surface area (Å²) in [6, 6.07) is 0. The summed E-state index contributed by atoms with van der Waals surface area (Å²) in [5.41, 5.74) is 0.743. The summed E-state index contributed by atoms with van der Waals surface area (Å²) in [5.74, 6) is 0.975. The van der Waals surface area contributed by atoms with E-state index in [0.717, 1.165) is 35.6 Å². The number of Topliss-reactive ketones (excluding diaryl/α,β-unsaturated/α-hetero) is 1. The second-order valence-electron chi connectivity index (χ2n) is 6.33. The highest BCUT2D eigenvalue weighted by atomic mass is 79.9. The standard InChI is InChI=1S/C16H26BrN3O/c1-19(2)10-11-20-16(14(17)12-18-20)15(21)9-8-13-6-4-3-5-7-13/h12-13H,3-11H2,1-2H3. The molecule has 118 valence electrons. The van der Waals surface area contributed by atoms with Crippen molar-refractivity contribution in [1.29, 1.82) is 0 Å². The van der Waals surface area contributed by atoms with Crippen LogP contribution in [0.4, 0.5) is 0 Å². The fourth-order valence-electron chi connectivity index (χ4n) is 3.03. The molecule has 1 aliphatic rings. The van der Waals surface area contributed by atoms with E-state index in [1.165, 1.54) is 32.1 Å². The molecule has 0 spiro atoms. The molecule has 1 aliphatic carbocycles. The quantitative estimate of drug-likeness (QED) is 0.699. The van der Waals surface area contributed by atoms with Gasteiger partial charge in [-0.05, 0) is 42.4 Å². The number of nitrogens with zero attached hydrogens (tertiary/aromatic N) is 3. The molecule has 4 nitrogen and oxygen atoms in total. The zero-order valence-electron chi connectivity index (χ0n) is 13.1. The molecule has 2 rings (SSSR count). The van der Waals surface area contributed by atoms with Crippen LogP contribution in [0.5, 0.6) is 0 Å². The third-order valence-electron chi connectivity index (χ3n) is 4.32. The van der Waals surface area contributed by atoms with E-state index in [4.69, 9.17) is 0 Å². The second-order valence-corrected chi connectivity index (χ2v) is 7.19. The van der Waals surface area contributed by atoms with Gasteiger partial charge in [-0.1, -0.05) is 32.1 Å². The van der Waals surface area contributed by atoms with Crippen molar-refractivity contribution in [2.45, 2.75) is 51.5 Å². The number of likely N-dealkylation sites (N-methyl/N-ethyl adjacent to an activating group) is 1. The van der Waals surface area contributed by atoms with Crippen LogP contribution in [0.1, 0.15) is 55.4 Å². The van der Waals surface area contributed by atoms with Gasteiger partial charge in [0.2, 0.25) is 0 Å². The predicted octanol–water partition coefficient (Wildman–Crippen LogP) is 3.75. The van der Waals surface area contributed by atoms with E-state index in [0.29, 0.717) is 6.42 Å². The van der Waals surface area contributed by atoms with Gasteiger partial charge < -0.3 is 4.90 Å². The van der Waals surface area contributed by atoms with Crippen molar-refractivity contribution in [3.8, 4) is 0 Å². The van der Waals surface area contributed by atoms with Crippen LogP contribution < -0.4 is 0 Å². The highest BCUT2D eigenvalue weighted by molar-refractivity contribution is 9.10. The van der Waals surface area contributed by atoms with Crippen LogP contribution in [0.25, 0.3) is 0 Å². The summed E-state index contributed by atoms with van der Waals surface area (Å²) in [4.78, 5) is 14.6. The van der Waals surface area contributed by atoms with Crippen molar-refractivity contribution in [3.05, 3.63) is 16.4 Å². The van der Waals surface area contributed by atoms with Crippen LogP contribution in [-0.2, 0) is 6.54 Å². The highest BCUT2D eigenvalue weighted by Gasteiger charge is 2.20. The molecular formula is C16H26BrN3O. The maximum absolute atomic E-state index is 12.5. The molecule has 21 heavy (non-hydrogen) atoms. The highest BCUT2D eigenvalue weighted by Crippen LogP contribution is 2.28. The van der Waals surface area contributed by atoms with Gasteiger partial charge in [0.1, 0.15) is 5.69 Å². The first-order valence-electron chi connectivity index (χ1n) is 7.97. The van der Waals surface area contributed by atoms with Gasteiger partial charge in [0.25, 0.3) is 0 Å². The summed E-state index contributed by atoms with van der Waals surface area (Å²) < 4.78 is 2.67. The van der Waals surface area contributed by atoms with Gasteiger partial charge in [-0.3, -0.25) is 9.48 Å². The Kier molecular flexibility index (Phi) is 6.42. The molecule has 1 saturated carbocycles. The topological polar surface area (TPSA) is 38.1 Å². The van der Waals surface area contributed by atoms with E-state index < -0.39 is 0 Å². The Balaban J connectivity index is 1.92. The lowest BCUT2D eigenvalue weighted by Crippen LogP contribution is -2.21. The number of hydrogen-bond donors (Lipinski definition) is 0. The van der Waals surface area contributed by atoms with E-state index in [1.807, 2.05) is 18.8 Å². The van der Waals surface area contributed by atoms with Gasteiger partial charge in [-0.15, -0.1) is 0 Å². The van der Waals surface area contributed by atoms with E-state index >= 15 is 0 Å². The SMILES string of the molecule is CN(C)CCn1ncc(Br)c1C(=O)CCC1CCCCC1. The zero-order chi connectivity index (χ0) is 15.2. The number of hydrogen-bond acceptors (Lipinski definition) is 3. The van der Waals surface area contributed by atoms with E-state index in [1.54, 1.807) is 6.20 Å². The number of ketones is 1. The zero-order valence-corrected chi connectivity index (χ0v) is 14.7. The number of carbonyl (C=O) groups excluding carboxylic acids is 1.